The standard InChI is InChI=1S/C13H28N2O/c1-14-13(11-16)8-9-15(2)10-12-6-4-3-5-7-12/h12-14,16H,3-11H2,1-2H3. The van der Waals surface area contributed by atoms with Crippen LogP contribution in [0, 0.1) is 5.92 Å². The van der Waals surface area contributed by atoms with Gasteiger partial charge >= 0.3 is 0 Å². The smallest absolute Gasteiger partial charge is 0.0585 e. The second-order valence-electron chi connectivity index (χ2n) is 5.22. The van der Waals surface area contributed by atoms with E-state index in [2.05, 4.69) is 17.3 Å². The van der Waals surface area contributed by atoms with Gasteiger partial charge < -0.3 is 15.3 Å². The van der Waals surface area contributed by atoms with Crippen LogP contribution in [0.15, 0.2) is 0 Å². The first-order valence-corrected chi connectivity index (χ1v) is 6.73. The van der Waals surface area contributed by atoms with Gasteiger partial charge in [0.05, 0.1) is 6.61 Å². The Morgan fingerprint density at radius 3 is 2.56 bits per heavy atom. The Labute approximate surface area is 100 Å². The molecule has 1 saturated carbocycles. The lowest BCUT2D eigenvalue weighted by molar-refractivity contribution is 0.200. The molecule has 16 heavy (non-hydrogen) atoms. The zero-order valence-electron chi connectivity index (χ0n) is 10.9. The Balaban J connectivity index is 2.11. The van der Waals surface area contributed by atoms with Gasteiger partial charge in [-0.3, -0.25) is 0 Å². The first kappa shape index (κ1) is 13.9. The van der Waals surface area contributed by atoms with Crippen LogP contribution in [0.1, 0.15) is 38.5 Å². The van der Waals surface area contributed by atoms with Gasteiger partial charge in [0.15, 0.2) is 0 Å². The van der Waals surface area contributed by atoms with Crippen LogP contribution in [0.3, 0.4) is 0 Å². The lowest BCUT2D eigenvalue weighted by Crippen LogP contribution is -2.35. The van der Waals surface area contributed by atoms with Crippen LogP contribution in [-0.2, 0) is 0 Å². The minimum atomic E-state index is 0.244. The van der Waals surface area contributed by atoms with E-state index in [-0.39, 0.29) is 12.6 Å². The first-order valence-electron chi connectivity index (χ1n) is 6.73. The zero-order chi connectivity index (χ0) is 11.8. The van der Waals surface area contributed by atoms with Crippen molar-refractivity contribution >= 4 is 0 Å². The Morgan fingerprint density at radius 1 is 1.31 bits per heavy atom. The molecule has 1 atom stereocenters. The van der Waals surface area contributed by atoms with Crippen molar-refractivity contribution < 1.29 is 5.11 Å². The SMILES string of the molecule is CNC(CO)CCN(C)CC1CCCCC1. The maximum Gasteiger partial charge on any atom is 0.0585 e. The maximum absolute atomic E-state index is 9.08. The summed E-state index contributed by atoms with van der Waals surface area (Å²) in [6.45, 7) is 2.57. The third-order valence-corrected chi connectivity index (χ3v) is 3.78. The fourth-order valence-corrected chi connectivity index (χ4v) is 2.60. The number of nitrogens with one attached hydrogen (secondary N) is 1. The summed E-state index contributed by atoms with van der Waals surface area (Å²) in [6.07, 6.45) is 8.16. The van der Waals surface area contributed by atoms with Crippen LogP contribution in [0.2, 0.25) is 0 Å². The van der Waals surface area contributed by atoms with Crippen molar-refractivity contribution in [3.8, 4) is 0 Å². The number of likely N-dealkylation sites (N-methyl/N-ethyl adjacent to an activating group) is 1. The molecule has 0 saturated heterocycles. The molecule has 0 aromatic heterocycles. The molecule has 3 nitrogen and oxygen atoms in total. The van der Waals surface area contributed by atoms with E-state index in [4.69, 9.17) is 5.11 Å². The van der Waals surface area contributed by atoms with E-state index in [1.54, 1.807) is 0 Å². The number of nitrogens with zero attached hydrogens (tertiary/aromatic N) is 1. The van der Waals surface area contributed by atoms with Crippen molar-refractivity contribution in [3.05, 3.63) is 0 Å². The molecule has 96 valence electrons. The highest BCUT2D eigenvalue weighted by molar-refractivity contribution is 4.71. The lowest BCUT2D eigenvalue weighted by atomic mass is 9.89. The minimum absolute atomic E-state index is 0.244. The van der Waals surface area contributed by atoms with Gasteiger partial charge in [-0.05, 0) is 45.8 Å². The van der Waals surface area contributed by atoms with Crippen molar-refractivity contribution in [2.24, 2.45) is 5.92 Å². The molecule has 1 aliphatic rings. The number of aliphatic hydroxyl groups excluding tert-OH is 1. The van der Waals surface area contributed by atoms with E-state index in [0.717, 1.165) is 18.9 Å². The molecule has 2 N–H and O–H groups in total. The second kappa shape index (κ2) is 8.04. The zero-order valence-corrected chi connectivity index (χ0v) is 10.9. The molecule has 3 heteroatoms. The molecule has 1 aliphatic carbocycles. The molecule has 0 radical (unpaired) electrons. The van der Waals surface area contributed by atoms with Gasteiger partial charge in [0.2, 0.25) is 0 Å². The third-order valence-electron chi connectivity index (χ3n) is 3.78. The summed E-state index contributed by atoms with van der Waals surface area (Å²) in [5, 5.41) is 12.2. The van der Waals surface area contributed by atoms with Gasteiger partial charge in [0.25, 0.3) is 0 Å². The van der Waals surface area contributed by atoms with E-state index < -0.39 is 0 Å². The minimum Gasteiger partial charge on any atom is -0.395 e. The first-order chi connectivity index (χ1) is 7.76. The van der Waals surface area contributed by atoms with E-state index in [0.29, 0.717) is 0 Å². The highest BCUT2D eigenvalue weighted by Gasteiger charge is 2.15. The lowest BCUT2D eigenvalue weighted by Gasteiger charge is -2.27. The van der Waals surface area contributed by atoms with Crippen molar-refractivity contribution in [2.75, 3.05) is 33.8 Å². The molecule has 0 bridgehead atoms. The van der Waals surface area contributed by atoms with Crippen LogP contribution in [-0.4, -0.2) is 49.8 Å². The molecule has 0 heterocycles. The Morgan fingerprint density at radius 2 is 2.00 bits per heavy atom. The van der Waals surface area contributed by atoms with Crippen molar-refractivity contribution in [1.29, 1.82) is 0 Å². The molecule has 1 rings (SSSR count). The van der Waals surface area contributed by atoms with Gasteiger partial charge in [0, 0.05) is 12.6 Å². The molecule has 1 fully saturated rings. The van der Waals surface area contributed by atoms with Crippen LogP contribution in [0.4, 0.5) is 0 Å². The maximum atomic E-state index is 9.08. The molecule has 0 aromatic rings. The van der Waals surface area contributed by atoms with Crippen molar-refractivity contribution in [2.45, 2.75) is 44.6 Å². The molecular weight excluding hydrogens is 200 g/mol. The second-order valence-corrected chi connectivity index (χ2v) is 5.22. The number of hydrogen-bond donors (Lipinski definition) is 2. The number of hydrogen-bond acceptors (Lipinski definition) is 3. The van der Waals surface area contributed by atoms with Gasteiger partial charge in [-0.2, -0.15) is 0 Å². The third kappa shape index (κ3) is 5.28. The average molecular weight is 228 g/mol. The molecule has 1 unspecified atom stereocenters. The molecule has 0 amide bonds. The number of aliphatic hydroxyl groups is 1. The summed E-state index contributed by atoms with van der Waals surface area (Å²) in [6, 6.07) is 0.258. The summed E-state index contributed by atoms with van der Waals surface area (Å²) in [4.78, 5) is 2.43. The van der Waals surface area contributed by atoms with Crippen molar-refractivity contribution in [3.63, 3.8) is 0 Å². The van der Waals surface area contributed by atoms with Crippen LogP contribution >= 0.6 is 0 Å². The van der Waals surface area contributed by atoms with Gasteiger partial charge in [-0.1, -0.05) is 19.3 Å². The van der Waals surface area contributed by atoms with Crippen LogP contribution in [0.25, 0.3) is 0 Å². The molecule has 0 aliphatic heterocycles. The average Bonchev–Trinajstić information content (AvgIpc) is 2.31. The Kier molecular flexibility index (Phi) is 7.01. The summed E-state index contributed by atoms with van der Waals surface area (Å²) in [7, 11) is 4.13. The largest absolute Gasteiger partial charge is 0.395 e. The van der Waals surface area contributed by atoms with E-state index >= 15 is 0 Å². The highest BCUT2D eigenvalue weighted by Crippen LogP contribution is 2.24. The van der Waals surface area contributed by atoms with Crippen LogP contribution in [0.5, 0.6) is 0 Å². The Hall–Kier alpha value is -0.120. The summed E-state index contributed by atoms with van der Waals surface area (Å²) < 4.78 is 0. The fraction of sp³-hybridized carbons (Fsp3) is 1.00. The van der Waals surface area contributed by atoms with Gasteiger partial charge in [-0.25, -0.2) is 0 Å². The fourth-order valence-electron chi connectivity index (χ4n) is 2.60. The van der Waals surface area contributed by atoms with E-state index in [9.17, 15) is 0 Å². The van der Waals surface area contributed by atoms with Gasteiger partial charge in [-0.15, -0.1) is 0 Å². The van der Waals surface area contributed by atoms with Crippen molar-refractivity contribution in [1.82, 2.24) is 10.2 Å². The molecule has 0 aromatic carbocycles. The van der Waals surface area contributed by atoms with Crippen LogP contribution < -0.4 is 5.32 Å². The summed E-state index contributed by atoms with van der Waals surface area (Å²) in [5.74, 6) is 0.918. The molecule has 0 spiro atoms. The van der Waals surface area contributed by atoms with E-state index in [1.165, 1.54) is 38.6 Å². The topological polar surface area (TPSA) is 35.5 Å². The highest BCUT2D eigenvalue weighted by atomic mass is 16.3. The monoisotopic (exact) mass is 228 g/mol. The number of rotatable bonds is 7. The normalized spacial score (nSPS) is 20.2. The Bertz CT molecular complexity index is 165. The van der Waals surface area contributed by atoms with Gasteiger partial charge in [0.1, 0.15) is 0 Å². The molecular formula is C13H28N2O. The predicted molar refractivity (Wildman–Crippen MR) is 68.6 cm³/mol. The predicted octanol–water partition coefficient (Wildman–Crippen LogP) is 1.47. The van der Waals surface area contributed by atoms with E-state index in [1.807, 2.05) is 7.05 Å². The summed E-state index contributed by atoms with van der Waals surface area (Å²) >= 11 is 0. The summed E-state index contributed by atoms with van der Waals surface area (Å²) in [5.41, 5.74) is 0. The quantitative estimate of drug-likeness (QED) is 0.692.